The third-order valence-electron chi connectivity index (χ3n) is 2.83. The van der Waals surface area contributed by atoms with Crippen molar-refractivity contribution < 1.29 is 0 Å². The van der Waals surface area contributed by atoms with Crippen LogP contribution in [-0.2, 0) is 0 Å². The second kappa shape index (κ2) is 4.10. The van der Waals surface area contributed by atoms with Gasteiger partial charge in [-0.2, -0.15) is 0 Å². The van der Waals surface area contributed by atoms with E-state index in [-0.39, 0.29) is 0 Å². The monoisotopic (exact) mass is 155 g/mol. The average Bonchev–Trinajstić information content (AvgIpc) is 2.31. The van der Waals surface area contributed by atoms with Gasteiger partial charge in [-0.25, -0.2) is 0 Å². The topological polar surface area (TPSA) is 26.0 Å². The third kappa shape index (κ3) is 2.82. The summed E-state index contributed by atoms with van der Waals surface area (Å²) in [4.78, 5) is 0. The average molecular weight is 155 g/mol. The molecule has 0 unspecified atom stereocenters. The minimum Gasteiger partial charge on any atom is -0.327 e. The van der Waals surface area contributed by atoms with E-state index in [2.05, 4.69) is 13.8 Å². The van der Waals surface area contributed by atoms with E-state index in [4.69, 9.17) is 5.73 Å². The Labute approximate surface area is 70.4 Å². The van der Waals surface area contributed by atoms with Crippen molar-refractivity contribution in [2.75, 3.05) is 0 Å². The summed E-state index contributed by atoms with van der Waals surface area (Å²) in [7, 11) is 0. The minimum atomic E-state index is 0.522. The van der Waals surface area contributed by atoms with Crippen LogP contribution in [0.1, 0.15) is 46.0 Å². The van der Waals surface area contributed by atoms with E-state index in [1.807, 2.05) is 0 Å². The van der Waals surface area contributed by atoms with Crippen molar-refractivity contribution >= 4 is 0 Å². The van der Waals surface area contributed by atoms with Gasteiger partial charge < -0.3 is 5.73 Å². The molecular formula is C10H21N. The molecule has 66 valence electrons. The van der Waals surface area contributed by atoms with E-state index in [0.717, 1.165) is 11.8 Å². The summed E-state index contributed by atoms with van der Waals surface area (Å²) in [5.41, 5.74) is 5.97. The van der Waals surface area contributed by atoms with Gasteiger partial charge in [0.2, 0.25) is 0 Å². The normalized spacial score (nSPS) is 31.6. The van der Waals surface area contributed by atoms with Crippen molar-refractivity contribution in [3.8, 4) is 0 Å². The zero-order chi connectivity index (χ0) is 8.27. The van der Waals surface area contributed by atoms with E-state index >= 15 is 0 Å². The fraction of sp³-hybridized carbons (Fsp3) is 1.00. The smallest absolute Gasteiger partial charge is 0.00671 e. The van der Waals surface area contributed by atoms with Gasteiger partial charge in [0.05, 0.1) is 0 Å². The van der Waals surface area contributed by atoms with Gasteiger partial charge in [-0.1, -0.05) is 26.7 Å². The summed E-state index contributed by atoms with van der Waals surface area (Å²) < 4.78 is 0. The summed E-state index contributed by atoms with van der Waals surface area (Å²) in [6.45, 7) is 4.58. The molecule has 1 fully saturated rings. The van der Waals surface area contributed by atoms with Crippen molar-refractivity contribution in [1.82, 2.24) is 0 Å². The van der Waals surface area contributed by atoms with Crippen LogP contribution < -0.4 is 5.73 Å². The molecule has 1 rings (SSSR count). The molecular weight excluding hydrogens is 134 g/mol. The Balaban J connectivity index is 2.15. The number of rotatable bonds is 3. The second-order valence-electron chi connectivity index (χ2n) is 4.33. The number of hydrogen-bond donors (Lipinski definition) is 1. The van der Waals surface area contributed by atoms with Crippen molar-refractivity contribution in [2.45, 2.75) is 52.0 Å². The molecule has 0 aliphatic heterocycles. The fourth-order valence-electron chi connectivity index (χ4n) is 1.97. The molecule has 0 radical (unpaired) electrons. The molecule has 1 aliphatic rings. The molecule has 1 saturated carbocycles. The first-order valence-corrected chi connectivity index (χ1v) is 4.95. The summed E-state index contributed by atoms with van der Waals surface area (Å²) in [6, 6.07) is 0.522. The van der Waals surface area contributed by atoms with Crippen molar-refractivity contribution in [2.24, 2.45) is 17.6 Å². The lowest BCUT2D eigenvalue weighted by molar-refractivity contribution is 0.398. The van der Waals surface area contributed by atoms with Crippen LogP contribution in [0.4, 0.5) is 0 Å². The van der Waals surface area contributed by atoms with Crippen LogP contribution >= 0.6 is 0 Å². The highest BCUT2D eigenvalue weighted by Gasteiger charge is 2.23. The van der Waals surface area contributed by atoms with Gasteiger partial charge in [-0.15, -0.1) is 0 Å². The van der Waals surface area contributed by atoms with Crippen molar-refractivity contribution in [1.29, 1.82) is 0 Å². The van der Waals surface area contributed by atoms with Gasteiger partial charge in [-0.3, -0.25) is 0 Å². The van der Waals surface area contributed by atoms with E-state index in [1.54, 1.807) is 0 Å². The third-order valence-corrected chi connectivity index (χ3v) is 2.83. The van der Waals surface area contributed by atoms with E-state index in [9.17, 15) is 0 Å². The molecule has 0 spiro atoms. The minimum absolute atomic E-state index is 0.522. The van der Waals surface area contributed by atoms with E-state index < -0.39 is 0 Å². The molecule has 2 atom stereocenters. The van der Waals surface area contributed by atoms with E-state index in [1.165, 1.54) is 32.1 Å². The van der Waals surface area contributed by atoms with Crippen LogP contribution in [0.5, 0.6) is 0 Å². The summed E-state index contributed by atoms with van der Waals surface area (Å²) >= 11 is 0. The largest absolute Gasteiger partial charge is 0.327 e. The molecule has 11 heavy (non-hydrogen) atoms. The Morgan fingerprint density at radius 1 is 1.36 bits per heavy atom. The maximum absolute atomic E-state index is 5.97. The Morgan fingerprint density at radius 3 is 2.55 bits per heavy atom. The van der Waals surface area contributed by atoms with Crippen molar-refractivity contribution in [3.05, 3.63) is 0 Å². The second-order valence-corrected chi connectivity index (χ2v) is 4.33. The molecule has 0 bridgehead atoms. The van der Waals surface area contributed by atoms with Crippen LogP contribution in [-0.4, -0.2) is 6.04 Å². The molecule has 2 N–H and O–H groups in total. The van der Waals surface area contributed by atoms with Gasteiger partial charge in [-0.05, 0) is 31.1 Å². The Kier molecular flexibility index (Phi) is 3.38. The Hall–Kier alpha value is -0.0400. The molecule has 1 nitrogen and oxygen atoms in total. The Morgan fingerprint density at radius 2 is 2.09 bits per heavy atom. The first-order valence-electron chi connectivity index (χ1n) is 4.95. The molecule has 1 heteroatoms. The maximum Gasteiger partial charge on any atom is 0.00671 e. The van der Waals surface area contributed by atoms with Gasteiger partial charge in [0.1, 0.15) is 0 Å². The SMILES string of the molecule is CC(C)CC[C@H]1CCC[C@@H]1N. The molecule has 0 aromatic carbocycles. The standard InChI is InChI=1S/C10H21N/c1-8(2)6-7-9-4-3-5-10(9)11/h8-10H,3-7,11H2,1-2H3/t9-,10+/m1/s1. The molecule has 1 aliphatic carbocycles. The summed E-state index contributed by atoms with van der Waals surface area (Å²) in [5, 5.41) is 0. The van der Waals surface area contributed by atoms with Crippen LogP contribution in [0.3, 0.4) is 0 Å². The first-order chi connectivity index (χ1) is 5.20. The van der Waals surface area contributed by atoms with Crippen LogP contribution in [0.25, 0.3) is 0 Å². The van der Waals surface area contributed by atoms with Crippen LogP contribution in [0, 0.1) is 11.8 Å². The Bertz CT molecular complexity index is 109. The molecule has 0 heterocycles. The predicted molar refractivity (Wildman–Crippen MR) is 49.4 cm³/mol. The van der Waals surface area contributed by atoms with Gasteiger partial charge >= 0.3 is 0 Å². The maximum atomic E-state index is 5.97. The van der Waals surface area contributed by atoms with Crippen LogP contribution in [0.2, 0.25) is 0 Å². The molecule has 0 saturated heterocycles. The van der Waals surface area contributed by atoms with E-state index in [0.29, 0.717) is 6.04 Å². The number of nitrogens with two attached hydrogens (primary N) is 1. The van der Waals surface area contributed by atoms with Crippen LogP contribution in [0.15, 0.2) is 0 Å². The zero-order valence-corrected chi connectivity index (χ0v) is 7.84. The first kappa shape index (κ1) is 9.05. The fourth-order valence-corrected chi connectivity index (χ4v) is 1.97. The van der Waals surface area contributed by atoms with Crippen molar-refractivity contribution in [3.63, 3.8) is 0 Å². The predicted octanol–water partition coefficient (Wildman–Crippen LogP) is 2.55. The highest BCUT2D eigenvalue weighted by molar-refractivity contribution is 4.79. The van der Waals surface area contributed by atoms with Gasteiger partial charge in [0.15, 0.2) is 0 Å². The number of hydrogen-bond acceptors (Lipinski definition) is 1. The summed E-state index contributed by atoms with van der Waals surface area (Å²) in [5.74, 6) is 1.69. The quantitative estimate of drug-likeness (QED) is 0.666. The molecule has 0 aromatic rings. The lowest BCUT2D eigenvalue weighted by atomic mass is 9.94. The highest BCUT2D eigenvalue weighted by atomic mass is 14.7. The lowest BCUT2D eigenvalue weighted by Gasteiger charge is -2.15. The highest BCUT2D eigenvalue weighted by Crippen LogP contribution is 2.28. The lowest BCUT2D eigenvalue weighted by Crippen LogP contribution is -2.24. The summed E-state index contributed by atoms with van der Waals surface area (Å²) in [6.07, 6.45) is 6.73. The molecule has 0 amide bonds. The van der Waals surface area contributed by atoms with Gasteiger partial charge in [0, 0.05) is 6.04 Å². The zero-order valence-electron chi connectivity index (χ0n) is 7.84. The molecule has 0 aromatic heterocycles. The van der Waals surface area contributed by atoms with Gasteiger partial charge in [0.25, 0.3) is 0 Å².